The summed E-state index contributed by atoms with van der Waals surface area (Å²) >= 11 is 0. The second kappa shape index (κ2) is 3.51. The summed E-state index contributed by atoms with van der Waals surface area (Å²) in [6.07, 6.45) is 0. The Kier molecular flexibility index (Phi) is 2.88. The van der Waals surface area contributed by atoms with Crippen LogP contribution in [0, 0.1) is 0 Å². The fourth-order valence-corrected chi connectivity index (χ4v) is 1.76. The monoisotopic (exact) mass is 201 g/mol. The largest absolute Gasteiger partial charge is 0.462 e. The number of likely N-dealkylation sites (N-methyl/N-ethyl adjacent to an activating group) is 1. The maximum atomic E-state index is 11.5. The lowest BCUT2D eigenvalue weighted by Crippen LogP contribution is -2.66. The molecule has 1 rings (SSSR count). The normalized spacial score (nSPS) is 32.8. The Bertz CT molecular complexity index is 240. The molecule has 1 aliphatic rings. The van der Waals surface area contributed by atoms with Gasteiger partial charge in [0.1, 0.15) is 12.1 Å². The highest BCUT2D eigenvalue weighted by atomic mass is 16.5. The number of carbonyl (C=O) groups is 1. The van der Waals surface area contributed by atoms with Crippen molar-refractivity contribution in [3.8, 4) is 0 Å². The van der Waals surface area contributed by atoms with Crippen molar-refractivity contribution in [3.05, 3.63) is 0 Å². The summed E-state index contributed by atoms with van der Waals surface area (Å²) in [6, 6.07) is 0. The molecule has 1 unspecified atom stereocenters. The number of esters is 1. The number of hydrogen-bond acceptors (Lipinski definition) is 4. The van der Waals surface area contributed by atoms with Crippen LogP contribution in [0.15, 0.2) is 0 Å². The van der Waals surface area contributed by atoms with Crippen LogP contribution in [0.3, 0.4) is 0 Å². The van der Waals surface area contributed by atoms with Crippen molar-refractivity contribution in [1.82, 2.24) is 4.90 Å². The van der Waals surface area contributed by atoms with Crippen molar-refractivity contribution in [2.45, 2.75) is 31.8 Å². The van der Waals surface area contributed by atoms with E-state index in [1.807, 2.05) is 32.7 Å². The lowest BCUT2D eigenvalue weighted by molar-refractivity contribution is -0.184. The van der Waals surface area contributed by atoms with Crippen LogP contribution < -0.4 is 0 Å². The van der Waals surface area contributed by atoms with Crippen LogP contribution in [-0.4, -0.2) is 49.3 Å². The van der Waals surface area contributed by atoms with Gasteiger partial charge in [0.25, 0.3) is 0 Å². The van der Waals surface area contributed by atoms with Gasteiger partial charge in [-0.05, 0) is 27.8 Å². The molecule has 0 aromatic heterocycles. The highest BCUT2D eigenvalue weighted by molar-refractivity contribution is 5.80. The fraction of sp³-hybridized carbons (Fsp3) is 0.900. The van der Waals surface area contributed by atoms with Gasteiger partial charge in [-0.2, -0.15) is 0 Å². The fourth-order valence-electron chi connectivity index (χ4n) is 1.76. The molecule has 4 heteroatoms. The van der Waals surface area contributed by atoms with E-state index in [9.17, 15) is 4.79 Å². The quantitative estimate of drug-likeness (QED) is 0.615. The van der Waals surface area contributed by atoms with Crippen LogP contribution in [0.1, 0.15) is 20.8 Å². The molecule has 0 aromatic rings. The van der Waals surface area contributed by atoms with Gasteiger partial charge in [0.05, 0.1) is 12.1 Å². The molecule has 1 atom stereocenters. The average molecular weight is 201 g/mol. The maximum absolute atomic E-state index is 11.5. The van der Waals surface area contributed by atoms with Crippen molar-refractivity contribution < 1.29 is 14.3 Å². The Labute approximate surface area is 85.2 Å². The molecule has 0 radical (unpaired) electrons. The molecule has 0 bridgehead atoms. The number of methoxy groups -OCH3 is 1. The predicted octanol–water partition coefficient (Wildman–Crippen LogP) is 0.659. The molecule has 4 nitrogen and oxygen atoms in total. The standard InChI is InChI=1S/C10H19NO3/c1-9(2)8(12)14-7-10(3,6-13-5)11(9)4/h6-7H2,1-5H3. The zero-order valence-electron chi connectivity index (χ0n) is 9.59. The van der Waals surface area contributed by atoms with Crippen molar-refractivity contribution in [2.75, 3.05) is 27.4 Å². The summed E-state index contributed by atoms with van der Waals surface area (Å²) in [4.78, 5) is 13.5. The van der Waals surface area contributed by atoms with E-state index in [-0.39, 0.29) is 11.5 Å². The van der Waals surface area contributed by atoms with Crippen LogP contribution in [0.4, 0.5) is 0 Å². The van der Waals surface area contributed by atoms with Crippen LogP contribution in [-0.2, 0) is 14.3 Å². The highest BCUT2D eigenvalue weighted by Gasteiger charge is 2.48. The predicted molar refractivity (Wildman–Crippen MR) is 53.1 cm³/mol. The first kappa shape index (κ1) is 11.5. The van der Waals surface area contributed by atoms with Gasteiger partial charge in [0.15, 0.2) is 0 Å². The minimum atomic E-state index is -0.578. The van der Waals surface area contributed by atoms with Crippen LogP contribution in [0.2, 0.25) is 0 Å². The molecule has 1 saturated heterocycles. The van der Waals surface area contributed by atoms with Crippen molar-refractivity contribution in [1.29, 1.82) is 0 Å². The van der Waals surface area contributed by atoms with Gasteiger partial charge in [0.2, 0.25) is 0 Å². The Morgan fingerprint density at radius 3 is 2.57 bits per heavy atom. The number of ether oxygens (including phenoxy) is 2. The van der Waals surface area contributed by atoms with Crippen molar-refractivity contribution >= 4 is 5.97 Å². The molecule has 1 heterocycles. The topological polar surface area (TPSA) is 38.8 Å². The summed E-state index contributed by atoms with van der Waals surface area (Å²) in [5, 5.41) is 0. The van der Waals surface area contributed by atoms with E-state index in [1.165, 1.54) is 0 Å². The summed E-state index contributed by atoms with van der Waals surface area (Å²) in [7, 11) is 3.59. The average Bonchev–Trinajstić information content (AvgIpc) is 2.11. The number of cyclic esters (lactones) is 1. The first-order valence-corrected chi connectivity index (χ1v) is 4.75. The third-order valence-electron chi connectivity index (χ3n) is 3.12. The van der Waals surface area contributed by atoms with E-state index in [1.54, 1.807) is 7.11 Å². The number of carbonyl (C=O) groups excluding carboxylic acids is 1. The Morgan fingerprint density at radius 2 is 2.07 bits per heavy atom. The summed E-state index contributed by atoms with van der Waals surface area (Å²) in [6.45, 7) is 6.70. The van der Waals surface area contributed by atoms with Gasteiger partial charge in [-0.3, -0.25) is 9.69 Å². The van der Waals surface area contributed by atoms with Gasteiger partial charge < -0.3 is 9.47 Å². The molecule has 0 N–H and O–H groups in total. The van der Waals surface area contributed by atoms with Gasteiger partial charge in [-0.15, -0.1) is 0 Å². The minimum absolute atomic E-state index is 0.173. The third-order valence-corrected chi connectivity index (χ3v) is 3.12. The van der Waals surface area contributed by atoms with E-state index in [2.05, 4.69) is 0 Å². The number of rotatable bonds is 2. The summed E-state index contributed by atoms with van der Waals surface area (Å²) < 4.78 is 10.3. The molecule has 0 spiro atoms. The summed E-state index contributed by atoms with van der Waals surface area (Å²) in [5.74, 6) is -0.173. The lowest BCUT2D eigenvalue weighted by atomic mass is 9.91. The van der Waals surface area contributed by atoms with Crippen molar-refractivity contribution in [3.63, 3.8) is 0 Å². The highest BCUT2D eigenvalue weighted by Crippen LogP contribution is 2.30. The third kappa shape index (κ3) is 1.64. The van der Waals surface area contributed by atoms with Gasteiger partial charge >= 0.3 is 5.97 Å². The van der Waals surface area contributed by atoms with E-state index < -0.39 is 5.54 Å². The Hall–Kier alpha value is -0.610. The molecule has 0 aliphatic carbocycles. The molecule has 0 amide bonds. The van der Waals surface area contributed by atoms with Gasteiger partial charge in [-0.25, -0.2) is 0 Å². The molecule has 14 heavy (non-hydrogen) atoms. The summed E-state index contributed by atoms with van der Waals surface area (Å²) in [5.41, 5.74) is -0.808. The minimum Gasteiger partial charge on any atom is -0.462 e. The Balaban J connectivity index is 2.89. The van der Waals surface area contributed by atoms with E-state index in [0.29, 0.717) is 13.2 Å². The van der Waals surface area contributed by atoms with Crippen molar-refractivity contribution in [2.24, 2.45) is 0 Å². The molecule has 1 aliphatic heterocycles. The first-order chi connectivity index (χ1) is 6.34. The maximum Gasteiger partial charge on any atom is 0.326 e. The molecular formula is C10H19NO3. The van der Waals surface area contributed by atoms with Crippen LogP contribution >= 0.6 is 0 Å². The smallest absolute Gasteiger partial charge is 0.326 e. The number of hydrogen-bond donors (Lipinski definition) is 0. The van der Waals surface area contributed by atoms with Gasteiger partial charge in [-0.1, -0.05) is 0 Å². The molecule has 0 aromatic carbocycles. The van der Waals surface area contributed by atoms with Crippen LogP contribution in [0.25, 0.3) is 0 Å². The Morgan fingerprint density at radius 1 is 1.50 bits per heavy atom. The first-order valence-electron chi connectivity index (χ1n) is 4.75. The lowest BCUT2D eigenvalue weighted by Gasteiger charge is -2.49. The molecular weight excluding hydrogens is 182 g/mol. The number of nitrogens with zero attached hydrogens (tertiary/aromatic N) is 1. The molecule has 1 fully saturated rings. The molecule has 0 saturated carbocycles. The van der Waals surface area contributed by atoms with E-state index in [4.69, 9.17) is 9.47 Å². The zero-order chi connectivity index (χ0) is 11.0. The second-order valence-corrected chi connectivity index (χ2v) is 4.62. The van der Waals surface area contributed by atoms with Crippen LogP contribution in [0.5, 0.6) is 0 Å². The number of morpholine rings is 1. The van der Waals surface area contributed by atoms with E-state index in [0.717, 1.165) is 0 Å². The second-order valence-electron chi connectivity index (χ2n) is 4.62. The SMILES string of the molecule is COCC1(C)COC(=O)C(C)(C)N1C. The van der Waals surface area contributed by atoms with Gasteiger partial charge in [0, 0.05) is 7.11 Å². The molecule has 82 valence electrons. The van der Waals surface area contributed by atoms with E-state index >= 15 is 0 Å². The zero-order valence-corrected chi connectivity index (χ0v) is 9.59.